The first kappa shape index (κ1) is 20.3. The summed E-state index contributed by atoms with van der Waals surface area (Å²) in [6.07, 6.45) is 10.9. The molecule has 0 aromatic heterocycles. The summed E-state index contributed by atoms with van der Waals surface area (Å²) in [6, 6.07) is 0. The van der Waals surface area contributed by atoms with Crippen molar-refractivity contribution in [3.8, 4) is 0 Å². The van der Waals surface area contributed by atoms with E-state index in [1.165, 1.54) is 38.5 Å². The molecule has 1 aromatic rings. The molecular formula is C18H26F4S. The van der Waals surface area contributed by atoms with Gasteiger partial charge in [-0.1, -0.05) is 64.7 Å². The molecular weight excluding hydrogens is 324 g/mol. The second-order valence-electron chi connectivity index (χ2n) is 6.02. The number of unbranched alkanes of at least 4 members (excludes halogenated alkanes) is 9. The molecule has 1 rings (SSSR count). The second kappa shape index (κ2) is 11.0. The quantitative estimate of drug-likeness (QED) is 0.189. The van der Waals surface area contributed by atoms with Gasteiger partial charge in [0.25, 0.3) is 0 Å². The normalized spacial score (nSPS) is 11.2. The first-order valence-electron chi connectivity index (χ1n) is 8.54. The average Bonchev–Trinajstić information content (AvgIpc) is 2.55. The number of hydrogen-bond donors (Lipinski definition) is 1. The Morgan fingerprint density at radius 1 is 0.609 bits per heavy atom. The predicted molar refractivity (Wildman–Crippen MR) is 89.1 cm³/mol. The average molecular weight is 350 g/mol. The van der Waals surface area contributed by atoms with Gasteiger partial charge in [-0.15, -0.1) is 12.6 Å². The lowest BCUT2D eigenvalue weighted by molar-refractivity contribution is 0.411. The van der Waals surface area contributed by atoms with Crippen molar-refractivity contribution in [1.82, 2.24) is 0 Å². The Balaban J connectivity index is 2.27. The molecule has 0 heterocycles. The van der Waals surface area contributed by atoms with Gasteiger partial charge in [0.2, 0.25) is 0 Å². The molecule has 0 aliphatic rings. The number of thiol groups is 1. The fourth-order valence-corrected chi connectivity index (χ4v) is 2.87. The zero-order valence-electron chi connectivity index (χ0n) is 13.7. The Labute approximate surface area is 142 Å². The van der Waals surface area contributed by atoms with Crippen LogP contribution in [0.1, 0.15) is 76.7 Å². The first-order chi connectivity index (χ1) is 11.0. The highest BCUT2D eigenvalue weighted by molar-refractivity contribution is 7.80. The molecule has 0 saturated carbocycles. The van der Waals surface area contributed by atoms with Gasteiger partial charge in [0.1, 0.15) is 0 Å². The van der Waals surface area contributed by atoms with Crippen LogP contribution in [0.5, 0.6) is 0 Å². The van der Waals surface area contributed by atoms with Gasteiger partial charge in [0.05, 0.1) is 4.90 Å². The molecule has 5 heteroatoms. The van der Waals surface area contributed by atoms with Crippen molar-refractivity contribution in [2.45, 2.75) is 82.4 Å². The van der Waals surface area contributed by atoms with Crippen LogP contribution in [0.25, 0.3) is 0 Å². The van der Waals surface area contributed by atoms with Gasteiger partial charge in [-0.25, -0.2) is 17.6 Å². The number of benzene rings is 1. The summed E-state index contributed by atoms with van der Waals surface area (Å²) in [5.74, 6) is -5.45. The SMILES string of the molecule is CCCCCCCCCCCCc1c(F)c(F)c(S)c(F)c1F. The van der Waals surface area contributed by atoms with Crippen LogP contribution in [0.2, 0.25) is 0 Å². The molecule has 0 radical (unpaired) electrons. The van der Waals surface area contributed by atoms with E-state index in [9.17, 15) is 17.6 Å². The third-order valence-electron chi connectivity index (χ3n) is 4.11. The number of hydrogen-bond acceptors (Lipinski definition) is 1. The van der Waals surface area contributed by atoms with Crippen LogP contribution in [-0.2, 0) is 6.42 Å². The van der Waals surface area contributed by atoms with Crippen molar-refractivity contribution in [2.24, 2.45) is 0 Å². The maximum absolute atomic E-state index is 13.7. The Hall–Kier alpha value is -0.710. The predicted octanol–water partition coefficient (Wildman–Crippen LogP) is 7.00. The zero-order valence-corrected chi connectivity index (χ0v) is 14.6. The molecule has 0 nitrogen and oxygen atoms in total. The summed E-state index contributed by atoms with van der Waals surface area (Å²) < 4.78 is 54.1. The smallest absolute Gasteiger partial charge is 0.175 e. The zero-order chi connectivity index (χ0) is 17.2. The van der Waals surface area contributed by atoms with Gasteiger partial charge in [-0.3, -0.25) is 0 Å². The van der Waals surface area contributed by atoms with E-state index in [4.69, 9.17) is 0 Å². The number of halogens is 4. The standard InChI is InChI=1S/C18H26F4S/c1-2-3-4-5-6-7-8-9-10-11-12-13-14(19)16(21)18(23)17(22)15(13)20/h23H,2-12H2,1H3. The molecule has 23 heavy (non-hydrogen) atoms. The third-order valence-corrected chi connectivity index (χ3v) is 4.50. The molecule has 0 aliphatic carbocycles. The van der Waals surface area contributed by atoms with E-state index in [-0.39, 0.29) is 6.42 Å². The minimum absolute atomic E-state index is 0.00998. The summed E-state index contributed by atoms with van der Waals surface area (Å²) in [6.45, 7) is 2.19. The highest BCUT2D eigenvalue weighted by Crippen LogP contribution is 2.27. The number of rotatable bonds is 11. The third kappa shape index (κ3) is 6.36. The molecule has 0 atom stereocenters. The summed E-state index contributed by atoms with van der Waals surface area (Å²) in [4.78, 5) is -0.896. The molecule has 0 amide bonds. The Morgan fingerprint density at radius 2 is 1.00 bits per heavy atom. The van der Waals surface area contributed by atoms with Crippen LogP contribution in [0.15, 0.2) is 4.90 Å². The fourth-order valence-electron chi connectivity index (χ4n) is 2.67. The molecule has 0 spiro atoms. The van der Waals surface area contributed by atoms with Gasteiger partial charge in [0, 0.05) is 5.56 Å². The van der Waals surface area contributed by atoms with Crippen LogP contribution in [0.4, 0.5) is 17.6 Å². The van der Waals surface area contributed by atoms with E-state index in [1.54, 1.807) is 0 Å². The van der Waals surface area contributed by atoms with Crippen LogP contribution in [0, 0.1) is 23.3 Å². The van der Waals surface area contributed by atoms with Crippen molar-refractivity contribution in [1.29, 1.82) is 0 Å². The van der Waals surface area contributed by atoms with Crippen LogP contribution >= 0.6 is 12.6 Å². The monoisotopic (exact) mass is 350 g/mol. The van der Waals surface area contributed by atoms with E-state index in [2.05, 4.69) is 19.6 Å². The molecule has 0 unspecified atom stereocenters. The summed E-state index contributed by atoms with van der Waals surface area (Å²) in [5, 5.41) is 0. The van der Waals surface area contributed by atoms with E-state index >= 15 is 0 Å². The van der Waals surface area contributed by atoms with E-state index < -0.39 is 33.7 Å². The lowest BCUT2D eigenvalue weighted by Gasteiger charge is -2.09. The van der Waals surface area contributed by atoms with Crippen molar-refractivity contribution in [3.05, 3.63) is 28.8 Å². The van der Waals surface area contributed by atoms with Crippen molar-refractivity contribution in [3.63, 3.8) is 0 Å². The molecule has 0 N–H and O–H groups in total. The molecule has 0 saturated heterocycles. The lowest BCUT2D eigenvalue weighted by atomic mass is 10.0. The van der Waals surface area contributed by atoms with Gasteiger partial charge in [0.15, 0.2) is 23.3 Å². The van der Waals surface area contributed by atoms with Gasteiger partial charge >= 0.3 is 0 Å². The van der Waals surface area contributed by atoms with E-state index in [0.29, 0.717) is 6.42 Å². The van der Waals surface area contributed by atoms with Crippen LogP contribution in [0.3, 0.4) is 0 Å². The molecule has 0 bridgehead atoms. The summed E-state index contributed by atoms with van der Waals surface area (Å²) in [7, 11) is 0. The van der Waals surface area contributed by atoms with Gasteiger partial charge < -0.3 is 0 Å². The highest BCUT2D eigenvalue weighted by atomic mass is 32.1. The minimum atomic E-state index is -1.41. The van der Waals surface area contributed by atoms with Gasteiger partial charge in [-0.05, 0) is 12.8 Å². The topological polar surface area (TPSA) is 0 Å². The van der Waals surface area contributed by atoms with Crippen LogP contribution < -0.4 is 0 Å². The second-order valence-corrected chi connectivity index (χ2v) is 6.46. The summed E-state index contributed by atoms with van der Waals surface area (Å²) >= 11 is 3.45. The van der Waals surface area contributed by atoms with E-state index in [0.717, 1.165) is 19.3 Å². The molecule has 0 fully saturated rings. The maximum Gasteiger partial charge on any atom is 0.175 e. The van der Waals surface area contributed by atoms with Crippen molar-refractivity contribution in [2.75, 3.05) is 0 Å². The van der Waals surface area contributed by atoms with Crippen molar-refractivity contribution < 1.29 is 17.6 Å². The lowest BCUT2D eigenvalue weighted by Crippen LogP contribution is -2.05. The first-order valence-corrected chi connectivity index (χ1v) is 8.99. The fraction of sp³-hybridized carbons (Fsp3) is 0.667. The Morgan fingerprint density at radius 3 is 1.43 bits per heavy atom. The van der Waals surface area contributed by atoms with Crippen molar-refractivity contribution >= 4 is 12.6 Å². The summed E-state index contributed by atoms with van der Waals surface area (Å²) in [5.41, 5.74) is -0.502. The maximum atomic E-state index is 13.7. The Bertz CT molecular complexity index is 459. The van der Waals surface area contributed by atoms with Gasteiger partial charge in [-0.2, -0.15) is 0 Å². The van der Waals surface area contributed by atoms with Crippen LogP contribution in [-0.4, -0.2) is 0 Å². The molecule has 1 aromatic carbocycles. The largest absolute Gasteiger partial charge is 0.203 e. The Kier molecular flexibility index (Phi) is 9.68. The van der Waals surface area contributed by atoms with E-state index in [1.807, 2.05) is 0 Å². The molecule has 132 valence electrons. The highest BCUT2D eigenvalue weighted by Gasteiger charge is 2.22. The minimum Gasteiger partial charge on any atom is -0.203 e. The molecule has 0 aliphatic heterocycles.